The van der Waals surface area contributed by atoms with Crippen LogP contribution in [0.2, 0.25) is 0 Å². The molecule has 5 nitrogen and oxygen atoms in total. The lowest BCUT2D eigenvalue weighted by Crippen LogP contribution is -2.48. The Labute approximate surface area is 153 Å². The molecule has 4 rings (SSSR count). The van der Waals surface area contributed by atoms with Crippen molar-refractivity contribution in [3.8, 4) is 0 Å². The summed E-state index contributed by atoms with van der Waals surface area (Å²) in [7, 11) is 0. The lowest BCUT2D eigenvalue weighted by Gasteiger charge is -2.35. The summed E-state index contributed by atoms with van der Waals surface area (Å²) in [5, 5.41) is 0.130. The van der Waals surface area contributed by atoms with Crippen molar-refractivity contribution in [1.82, 2.24) is 9.88 Å². The molecule has 2 aromatic carbocycles. The number of pyridine rings is 1. The number of aromatic amines is 1. The van der Waals surface area contributed by atoms with Gasteiger partial charge in [0.2, 0.25) is 0 Å². The molecule has 7 heteroatoms. The normalized spacial score (nSPS) is 20.4. The number of aromatic nitrogens is 1. The topological polar surface area (TPSA) is 62.4 Å². The van der Waals surface area contributed by atoms with Gasteiger partial charge in [0.1, 0.15) is 11.6 Å². The van der Waals surface area contributed by atoms with E-state index in [0.717, 1.165) is 18.2 Å². The van der Waals surface area contributed by atoms with E-state index in [1.807, 2.05) is 13.8 Å². The van der Waals surface area contributed by atoms with Crippen LogP contribution in [0.15, 0.2) is 35.1 Å². The van der Waals surface area contributed by atoms with Crippen LogP contribution < -0.4 is 5.43 Å². The number of H-pyrrole nitrogens is 1. The quantitative estimate of drug-likeness (QED) is 0.667. The minimum atomic E-state index is -0.693. The minimum absolute atomic E-state index is 0.0193. The summed E-state index contributed by atoms with van der Waals surface area (Å²) in [5.41, 5.74) is 0.195. The number of nitrogens with one attached hydrogen (secondary N) is 1. The molecule has 0 saturated carbocycles. The number of hydrogen-bond acceptors (Lipinski definition) is 3. The highest BCUT2D eigenvalue weighted by Crippen LogP contribution is 2.23. The average Bonchev–Trinajstić information content (AvgIpc) is 2.61. The molecule has 0 bridgehead atoms. The molecule has 140 valence electrons. The maximum atomic E-state index is 14.2. The van der Waals surface area contributed by atoms with Crippen molar-refractivity contribution in [3.63, 3.8) is 0 Å². The van der Waals surface area contributed by atoms with Gasteiger partial charge in [0.05, 0.1) is 23.3 Å². The molecular weight excluding hydrogens is 354 g/mol. The average molecular weight is 372 g/mol. The number of rotatable bonds is 1. The molecule has 2 unspecified atom stereocenters. The van der Waals surface area contributed by atoms with E-state index in [9.17, 15) is 18.4 Å². The summed E-state index contributed by atoms with van der Waals surface area (Å²) >= 11 is 0. The van der Waals surface area contributed by atoms with Crippen LogP contribution in [0, 0.1) is 11.6 Å². The summed E-state index contributed by atoms with van der Waals surface area (Å²) in [5.74, 6) is -1.63. The fraction of sp³-hybridized carbons (Fsp3) is 0.300. The summed E-state index contributed by atoms with van der Waals surface area (Å²) < 4.78 is 33.4. The monoisotopic (exact) mass is 372 g/mol. The molecule has 1 fully saturated rings. The minimum Gasteiger partial charge on any atom is -0.372 e. The Morgan fingerprint density at radius 3 is 2.44 bits per heavy atom. The summed E-state index contributed by atoms with van der Waals surface area (Å²) in [6.45, 7) is 4.49. The lowest BCUT2D eigenvalue weighted by molar-refractivity contribution is -0.0585. The molecule has 0 aliphatic carbocycles. The van der Waals surface area contributed by atoms with Gasteiger partial charge in [-0.25, -0.2) is 8.78 Å². The van der Waals surface area contributed by atoms with E-state index in [2.05, 4.69) is 4.98 Å². The van der Waals surface area contributed by atoms with Crippen LogP contribution in [0.3, 0.4) is 0 Å². The zero-order valence-corrected chi connectivity index (χ0v) is 14.9. The maximum absolute atomic E-state index is 14.2. The third-order valence-electron chi connectivity index (χ3n) is 4.77. The van der Waals surface area contributed by atoms with E-state index in [1.165, 1.54) is 12.1 Å². The number of carbonyl (C=O) groups excluding carboxylic acids is 1. The molecule has 0 radical (unpaired) electrons. The summed E-state index contributed by atoms with van der Waals surface area (Å²) in [4.78, 5) is 30.4. The van der Waals surface area contributed by atoms with Crippen molar-refractivity contribution in [3.05, 3.63) is 57.8 Å². The first-order valence-electron chi connectivity index (χ1n) is 8.73. The van der Waals surface area contributed by atoms with Gasteiger partial charge in [-0.2, -0.15) is 0 Å². The van der Waals surface area contributed by atoms with Crippen LogP contribution in [0.4, 0.5) is 8.78 Å². The zero-order valence-electron chi connectivity index (χ0n) is 14.9. The Balaban J connectivity index is 1.92. The second-order valence-corrected chi connectivity index (χ2v) is 6.99. The van der Waals surface area contributed by atoms with Gasteiger partial charge < -0.3 is 14.6 Å². The largest absolute Gasteiger partial charge is 0.372 e. The van der Waals surface area contributed by atoms with Crippen LogP contribution in [-0.4, -0.2) is 41.1 Å². The van der Waals surface area contributed by atoms with Crippen molar-refractivity contribution in [2.45, 2.75) is 26.1 Å². The molecular formula is C20H18F2N2O3. The number of amides is 1. The standard InChI is InChI=1S/C20H18F2N2O3/c1-10-8-24(9-11(2)27-10)20(26)16-7-13(22)6-15-18(16)23-17-4-3-12(21)5-14(17)19(15)25/h3-7,10-11H,8-9H2,1-2H3,(H,23,25). The second kappa shape index (κ2) is 6.42. The Kier molecular flexibility index (Phi) is 4.19. The van der Waals surface area contributed by atoms with Crippen LogP contribution in [0.25, 0.3) is 21.8 Å². The highest BCUT2D eigenvalue weighted by atomic mass is 19.1. The SMILES string of the molecule is CC1CN(C(=O)c2cc(F)cc3c(=O)c4cc(F)ccc4[nH]c23)CC(C)O1. The van der Waals surface area contributed by atoms with Crippen LogP contribution in [-0.2, 0) is 4.74 Å². The number of nitrogens with zero attached hydrogens (tertiary/aromatic N) is 1. The first-order valence-corrected chi connectivity index (χ1v) is 8.73. The van der Waals surface area contributed by atoms with E-state index in [-0.39, 0.29) is 40.0 Å². The Bertz CT molecular complexity index is 1120. The Morgan fingerprint density at radius 1 is 1.07 bits per heavy atom. The molecule has 1 amide bonds. The van der Waals surface area contributed by atoms with E-state index >= 15 is 0 Å². The first-order chi connectivity index (χ1) is 12.8. The van der Waals surface area contributed by atoms with E-state index in [4.69, 9.17) is 4.74 Å². The molecule has 1 N–H and O–H groups in total. The molecule has 1 aliphatic rings. The summed E-state index contributed by atoms with van der Waals surface area (Å²) in [6, 6.07) is 5.95. The van der Waals surface area contributed by atoms with Crippen molar-refractivity contribution in [1.29, 1.82) is 0 Å². The number of ether oxygens (including phenoxy) is 1. The fourth-order valence-corrected chi connectivity index (χ4v) is 3.70. The predicted octanol–water partition coefficient (Wildman–Crippen LogP) is 3.21. The highest BCUT2D eigenvalue weighted by Gasteiger charge is 2.28. The molecule has 2 heterocycles. The number of benzene rings is 2. The van der Waals surface area contributed by atoms with Crippen molar-refractivity contribution in [2.24, 2.45) is 0 Å². The van der Waals surface area contributed by atoms with Crippen LogP contribution in [0.1, 0.15) is 24.2 Å². The molecule has 0 spiro atoms. The molecule has 1 saturated heterocycles. The number of fused-ring (bicyclic) bond motifs is 2. The number of halogens is 2. The zero-order chi connectivity index (χ0) is 19.3. The van der Waals surface area contributed by atoms with Crippen molar-refractivity contribution in [2.75, 3.05) is 13.1 Å². The van der Waals surface area contributed by atoms with Gasteiger partial charge in [-0.3, -0.25) is 9.59 Å². The van der Waals surface area contributed by atoms with Gasteiger partial charge in [0.15, 0.2) is 5.43 Å². The molecule has 1 aliphatic heterocycles. The first kappa shape index (κ1) is 17.6. The maximum Gasteiger partial charge on any atom is 0.256 e. The lowest BCUT2D eigenvalue weighted by atomic mass is 10.0. The van der Waals surface area contributed by atoms with Crippen molar-refractivity contribution < 1.29 is 18.3 Å². The molecule has 2 atom stereocenters. The van der Waals surface area contributed by atoms with Crippen molar-refractivity contribution >= 4 is 27.7 Å². The number of hydrogen-bond donors (Lipinski definition) is 1. The Morgan fingerprint density at radius 2 is 1.74 bits per heavy atom. The Hall–Kier alpha value is -2.80. The van der Waals surface area contributed by atoms with Gasteiger partial charge in [-0.15, -0.1) is 0 Å². The van der Waals surface area contributed by atoms with Gasteiger partial charge in [-0.1, -0.05) is 0 Å². The molecule has 1 aromatic heterocycles. The molecule has 3 aromatic rings. The second-order valence-electron chi connectivity index (χ2n) is 6.99. The third-order valence-corrected chi connectivity index (χ3v) is 4.77. The number of carbonyl (C=O) groups is 1. The number of morpholine rings is 1. The third kappa shape index (κ3) is 3.08. The fourth-order valence-electron chi connectivity index (χ4n) is 3.70. The van der Waals surface area contributed by atoms with E-state index < -0.39 is 17.1 Å². The smallest absolute Gasteiger partial charge is 0.256 e. The van der Waals surface area contributed by atoms with E-state index in [1.54, 1.807) is 4.90 Å². The van der Waals surface area contributed by atoms with Gasteiger partial charge in [0.25, 0.3) is 5.91 Å². The van der Waals surface area contributed by atoms with E-state index in [0.29, 0.717) is 18.6 Å². The van der Waals surface area contributed by atoms with Crippen LogP contribution >= 0.6 is 0 Å². The van der Waals surface area contributed by atoms with Gasteiger partial charge in [-0.05, 0) is 44.2 Å². The predicted molar refractivity (Wildman–Crippen MR) is 97.9 cm³/mol. The van der Waals surface area contributed by atoms with Gasteiger partial charge >= 0.3 is 0 Å². The highest BCUT2D eigenvalue weighted by molar-refractivity contribution is 6.07. The van der Waals surface area contributed by atoms with Gasteiger partial charge in [0, 0.05) is 29.4 Å². The molecule has 27 heavy (non-hydrogen) atoms. The van der Waals surface area contributed by atoms with Crippen LogP contribution in [0.5, 0.6) is 0 Å². The summed E-state index contributed by atoms with van der Waals surface area (Å²) in [6.07, 6.45) is -0.277.